The number of benzene rings is 1. The van der Waals surface area contributed by atoms with Crippen LogP contribution in [0.5, 0.6) is 17.4 Å². The highest BCUT2D eigenvalue weighted by atomic mass is 35.5. The fraction of sp³-hybridized carbons (Fsp3) is 0.200. The molecule has 0 unspecified atom stereocenters. The molecular formula is C20H17ClFN3O5. The van der Waals surface area contributed by atoms with Crippen molar-refractivity contribution >= 4 is 17.6 Å². The minimum absolute atomic E-state index is 0.0841. The summed E-state index contributed by atoms with van der Waals surface area (Å²) in [4.78, 5) is 27.6. The van der Waals surface area contributed by atoms with Crippen molar-refractivity contribution in [2.45, 2.75) is 13.8 Å². The first-order valence-corrected chi connectivity index (χ1v) is 9.07. The van der Waals surface area contributed by atoms with Crippen molar-refractivity contribution in [1.82, 2.24) is 14.8 Å². The van der Waals surface area contributed by atoms with Gasteiger partial charge in [-0.2, -0.15) is 14.8 Å². The number of pyridine rings is 1. The molecule has 0 fully saturated rings. The molecule has 0 saturated heterocycles. The van der Waals surface area contributed by atoms with E-state index in [1.807, 2.05) is 0 Å². The van der Waals surface area contributed by atoms with Crippen molar-refractivity contribution in [2.24, 2.45) is 0 Å². The predicted octanol–water partition coefficient (Wildman–Crippen LogP) is 3.38. The van der Waals surface area contributed by atoms with E-state index in [-0.39, 0.29) is 23.3 Å². The van der Waals surface area contributed by atoms with Gasteiger partial charge in [-0.1, -0.05) is 11.6 Å². The Labute approximate surface area is 175 Å². The van der Waals surface area contributed by atoms with Gasteiger partial charge in [-0.15, -0.1) is 0 Å². The van der Waals surface area contributed by atoms with E-state index in [9.17, 15) is 14.0 Å². The standard InChI is InChI=1S/C20H17ClFN3O5/c1-11-9-23-25(20(27)12(11)2)18-16(22)8-15(21)19(24-18)30-14-6-4-13(5-7-14)29-10-17(26)28-3/h4-9H,10H2,1-3H3. The lowest BCUT2D eigenvalue weighted by molar-refractivity contribution is -0.142. The Kier molecular flexibility index (Phi) is 6.31. The van der Waals surface area contributed by atoms with E-state index >= 15 is 0 Å². The summed E-state index contributed by atoms with van der Waals surface area (Å²) in [5.74, 6) is -1.04. The van der Waals surface area contributed by atoms with Crippen molar-refractivity contribution in [3.8, 4) is 23.2 Å². The van der Waals surface area contributed by atoms with Crippen LogP contribution in [0, 0.1) is 19.7 Å². The second-order valence-electron chi connectivity index (χ2n) is 6.19. The first-order valence-electron chi connectivity index (χ1n) is 8.69. The van der Waals surface area contributed by atoms with E-state index in [0.717, 1.165) is 10.7 Å². The molecule has 1 aromatic carbocycles. The molecular weight excluding hydrogens is 417 g/mol. The smallest absolute Gasteiger partial charge is 0.343 e. The summed E-state index contributed by atoms with van der Waals surface area (Å²) in [5, 5.41) is 3.87. The summed E-state index contributed by atoms with van der Waals surface area (Å²) in [6.07, 6.45) is 1.44. The third-order valence-corrected chi connectivity index (χ3v) is 4.44. The molecule has 3 aromatic rings. The van der Waals surface area contributed by atoms with Crippen LogP contribution in [0.2, 0.25) is 5.02 Å². The Morgan fingerprint density at radius 1 is 1.20 bits per heavy atom. The maximum absolute atomic E-state index is 14.4. The van der Waals surface area contributed by atoms with Crippen LogP contribution in [0.4, 0.5) is 4.39 Å². The molecule has 0 bridgehead atoms. The number of aromatic nitrogens is 3. The van der Waals surface area contributed by atoms with Crippen LogP contribution in [0.25, 0.3) is 5.82 Å². The van der Waals surface area contributed by atoms with Gasteiger partial charge in [-0.3, -0.25) is 4.79 Å². The molecule has 8 nitrogen and oxygen atoms in total. The third kappa shape index (κ3) is 4.57. The number of halogens is 2. The number of carbonyl (C=O) groups is 1. The average Bonchev–Trinajstić information content (AvgIpc) is 2.73. The van der Waals surface area contributed by atoms with Crippen LogP contribution in [0.1, 0.15) is 11.1 Å². The number of carbonyl (C=O) groups excluding carboxylic acids is 1. The topological polar surface area (TPSA) is 92.5 Å². The number of esters is 1. The maximum atomic E-state index is 14.4. The molecule has 10 heteroatoms. The van der Waals surface area contributed by atoms with Crippen molar-refractivity contribution < 1.29 is 23.4 Å². The highest BCUT2D eigenvalue weighted by molar-refractivity contribution is 6.31. The van der Waals surface area contributed by atoms with Crippen LogP contribution in [-0.2, 0) is 9.53 Å². The number of methoxy groups -OCH3 is 1. The molecule has 0 aliphatic carbocycles. The number of aryl methyl sites for hydroxylation is 1. The zero-order chi connectivity index (χ0) is 21.8. The Morgan fingerprint density at radius 2 is 1.87 bits per heavy atom. The summed E-state index contributed by atoms with van der Waals surface area (Å²) in [5.41, 5.74) is 0.601. The second kappa shape index (κ2) is 8.91. The molecule has 0 saturated carbocycles. The first kappa shape index (κ1) is 21.3. The molecule has 0 aliphatic heterocycles. The third-order valence-electron chi connectivity index (χ3n) is 4.17. The van der Waals surface area contributed by atoms with Crippen molar-refractivity contribution in [3.63, 3.8) is 0 Å². The normalized spacial score (nSPS) is 10.6. The SMILES string of the molecule is COC(=O)COc1ccc(Oc2nc(-n3ncc(C)c(C)c3=O)c(F)cc2Cl)cc1. The molecule has 0 spiro atoms. The summed E-state index contributed by atoms with van der Waals surface area (Å²) in [7, 11) is 1.26. The second-order valence-corrected chi connectivity index (χ2v) is 6.60. The van der Waals surface area contributed by atoms with Crippen LogP contribution >= 0.6 is 11.6 Å². The van der Waals surface area contributed by atoms with Crippen molar-refractivity contribution in [3.05, 3.63) is 68.8 Å². The summed E-state index contributed by atoms with van der Waals surface area (Å²) < 4.78 is 30.7. The van der Waals surface area contributed by atoms with E-state index in [1.54, 1.807) is 38.1 Å². The molecule has 2 heterocycles. The molecule has 0 atom stereocenters. The molecule has 0 aliphatic rings. The minimum Gasteiger partial charge on any atom is -0.482 e. The van der Waals surface area contributed by atoms with Crippen LogP contribution < -0.4 is 15.0 Å². The Balaban J connectivity index is 1.87. The van der Waals surface area contributed by atoms with Gasteiger partial charge in [0.05, 0.1) is 13.3 Å². The zero-order valence-corrected chi connectivity index (χ0v) is 17.1. The molecule has 0 amide bonds. The van der Waals surface area contributed by atoms with Gasteiger partial charge in [-0.25, -0.2) is 9.18 Å². The summed E-state index contributed by atoms with van der Waals surface area (Å²) >= 11 is 6.06. The van der Waals surface area contributed by atoms with Crippen molar-refractivity contribution in [2.75, 3.05) is 13.7 Å². The van der Waals surface area contributed by atoms with Gasteiger partial charge in [-0.05, 0) is 43.7 Å². The lowest BCUT2D eigenvalue weighted by atomic mass is 10.2. The van der Waals surface area contributed by atoms with Gasteiger partial charge < -0.3 is 14.2 Å². The highest BCUT2D eigenvalue weighted by Crippen LogP contribution is 2.30. The lowest BCUT2D eigenvalue weighted by Crippen LogP contribution is -2.25. The molecule has 0 radical (unpaired) electrons. The fourth-order valence-electron chi connectivity index (χ4n) is 2.35. The summed E-state index contributed by atoms with van der Waals surface area (Å²) in [6, 6.07) is 7.22. The largest absolute Gasteiger partial charge is 0.482 e. The lowest BCUT2D eigenvalue weighted by Gasteiger charge is -2.12. The monoisotopic (exact) mass is 433 g/mol. The van der Waals surface area contributed by atoms with Crippen LogP contribution in [0.3, 0.4) is 0 Å². The van der Waals surface area contributed by atoms with E-state index in [1.165, 1.54) is 13.3 Å². The summed E-state index contributed by atoms with van der Waals surface area (Å²) in [6.45, 7) is 3.11. The van der Waals surface area contributed by atoms with E-state index in [4.69, 9.17) is 21.1 Å². The quantitative estimate of drug-likeness (QED) is 0.550. The van der Waals surface area contributed by atoms with Gasteiger partial charge in [0.25, 0.3) is 5.56 Å². The Hall–Kier alpha value is -3.46. The van der Waals surface area contributed by atoms with Gasteiger partial charge >= 0.3 is 5.97 Å². The van der Waals surface area contributed by atoms with Gasteiger partial charge in [0.2, 0.25) is 5.88 Å². The Morgan fingerprint density at radius 3 is 2.53 bits per heavy atom. The predicted molar refractivity (Wildman–Crippen MR) is 106 cm³/mol. The minimum atomic E-state index is -0.822. The molecule has 156 valence electrons. The van der Waals surface area contributed by atoms with Crippen LogP contribution in [-0.4, -0.2) is 34.5 Å². The van der Waals surface area contributed by atoms with E-state index in [0.29, 0.717) is 22.6 Å². The number of hydrogen-bond acceptors (Lipinski definition) is 7. The average molecular weight is 434 g/mol. The number of ether oxygens (including phenoxy) is 3. The highest BCUT2D eigenvalue weighted by Gasteiger charge is 2.17. The molecule has 30 heavy (non-hydrogen) atoms. The number of hydrogen-bond donors (Lipinski definition) is 0. The first-order chi connectivity index (χ1) is 14.3. The number of rotatable bonds is 6. The Bertz CT molecular complexity index is 1150. The van der Waals surface area contributed by atoms with Crippen molar-refractivity contribution in [1.29, 1.82) is 0 Å². The maximum Gasteiger partial charge on any atom is 0.343 e. The number of nitrogens with zero attached hydrogens (tertiary/aromatic N) is 3. The van der Waals surface area contributed by atoms with Gasteiger partial charge in [0.15, 0.2) is 18.2 Å². The van der Waals surface area contributed by atoms with E-state index < -0.39 is 17.3 Å². The molecule has 3 rings (SSSR count). The molecule has 2 aromatic heterocycles. The van der Waals surface area contributed by atoms with Crippen LogP contribution in [0.15, 0.2) is 41.3 Å². The van der Waals surface area contributed by atoms with Gasteiger partial charge in [0, 0.05) is 11.6 Å². The molecule has 0 N–H and O–H groups in total. The van der Waals surface area contributed by atoms with E-state index in [2.05, 4.69) is 14.8 Å². The zero-order valence-electron chi connectivity index (χ0n) is 16.3. The van der Waals surface area contributed by atoms with Gasteiger partial charge in [0.1, 0.15) is 16.5 Å². The fourth-order valence-corrected chi connectivity index (χ4v) is 2.53.